The van der Waals surface area contributed by atoms with Crippen LogP contribution in [0.1, 0.15) is 16.1 Å². The third-order valence-electron chi connectivity index (χ3n) is 4.02. The van der Waals surface area contributed by atoms with Gasteiger partial charge in [-0.3, -0.25) is 9.20 Å². The summed E-state index contributed by atoms with van der Waals surface area (Å²) in [5, 5.41) is 12.9. The van der Waals surface area contributed by atoms with E-state index in [0.717, 1.165) is 28.2 Å². The van der Waals surface area contributed by atoms with E-state index < -0.39 is 0 Å². The second-order valence-corrected chi connectivity index (χ2v) is 6.50. The van der Waals surface area contributed by atoms with Gasteiger partial charge in [0.1, 0.15) is 6.33 Å². The molecule has 0 saturated heterocycles. The summed E-state index contributed by atoms with van der Waals surface area (Å²) in [6.45, 7) is 0.568. The predicted molar refractivity (Wildman–Crippen MR) is 98.8 cm³/mol. The minimum atomic E-state index is -0.0620. The highest BCUT2D eigenvalue weighted by Crippen LogP contribution is 2.20. The van der Waals surface area contributed by atoms with Gasteiger partial charge in [0, 0.05) is 29.6 Å². The maximum atomic E-state index is 12.4. The Balaban J connectivity index is 1.42. The SMILES string of the molecule is O=C(NCCc1csc2nncn12)c1cccc(-c2ccccc2)c1. The van der Waals surface area contributed by atoms with E-state index in [2.05, 4.69) is 15.5 Å². The van der Waals surface area contributed by atoms with Crippen molar-refractivity contribution in [3.8, 4) is 11.1 Å². The van der Waals surface area contributed by atoms with E-state index in [-0.39, 0.29) is 5.91 Å². The van der Waals surface area contributed by atoms with Crippen molar-refractivity contribution in [3.05, 3.63) is 77.6 Å². The molecule has 2 aromatic heterocycles. The van der Waals surface area contributed by atoms with E-state index in [9.17, 15) is 4.79 Å². The number of carbonyl (C=O) groups excluding carboxylic acids is 1. The van der Waals surface area contributed by atoms with Crippen LogP contribution in [0.2, 0.25) is 0 Å². The summed E-state index contributed by atoms with van der Waals surface area (Å²) in [6, 6.07) is 17.7. The fourth-order valence-corrected chi connectivity index (χ4v) is 3.58. The van der Waals surface area contributed by atoms with Gasteiger partial charge in [0.2, 0.25) is 4.96 Å². The zero-order valence-corrected chi connectivity index (χ0v) is 14.2. The third-order valence-corrected chi connectivity index (χ3v) is 4.90. The first-order chi connectivity index (χ1) is 12.3. The fourth-order valence-electron chi connectivity index (χ4n) is 2.74. The highest BCUT2D eigenvalue weighted by atomic mass is 32.1. The molecule has 0 fully saturated rings. The molecule has 0 aliphatic rings. The van der Waals surface area contributed by atoms with E-state index in [4.69, 9.17) is 0 Å². The van der Waals surface area contributed by atoms with Crippen molar-refractivity contribution in [2.75, 3.05) is 6.54 Å². The monoisotopic (exact) mass is 348 g/mol. The van der Waals surface area contributed by atoms with Crippen molar-refractivity contribution < 1.29 is 4.79 Å². The number of rotatable bonds is 5. The lowest BCUT2D eigenvalue weighted by Crippen LogP contribution is -2.25. The van der Waals surface area contributed by atoms with Crippen LogP contribution in [0.25, 0.3) is 16.1 Å². The Morgan fingerprint density at radius 3 is 2.80 bits per heavy atom. The number of aromatic nitrogens is 3. The number of hydrogen-bond donors (Lipinski definition) is 1. The Morgan fingerprint density at radius 2 is 1.92 bits per heavy atom. The average Bonchev–Trinajstić information content (AvgIpc) is 3.27. The molecule has 0 saturated carbocycles. The van der Waals surface area contributed by atoms with Crippen LogP contribution in [0.15, 0.2) is 66.3 Å². The van der Waals surface area contributed by atoms with Gasteiger partial charge in [0.25, 0.3) is 5.91 Å². The van der Waals surface area contributed by atoms with Crippen LogP contribution in [0, 0.1) is 0 Å². The molecule has 0 aliphatic carbocycles. The zero-order valence-electron chi connectivity index (χ0n) is 13.4. The van der Waals surface area contributed by atoms with E-state index in [0.29, 0.717) is 12.1 Å². The lowest BCUT2D eigenvalue weighted by Gasteiger charge is -2.07. The molecule has 5 nitrogen and oxygen atoms in total. The van der Waals surface area contributed by atoms with Crippen molar-refractivity contribution in [2.24, 2.45) is 0 Å². The minimum Gasteiger partial charge on any atom is -0.352 e. The first kappa shape index (κ1) is 15.5. The predicted octanol–water partition coefficient (Wildman–Crippen LogP) is 3.43. The molecule has 0 radical (unpaired) electrons. The third kappa shape index (κ3) is 3.29. The van der Waals surface area contributed by atoms with Crippen LogP contribution in [-0.2, 0) is 6.42 Å². The average molecular weight is 348 g/mol. The van der Waals surface area contributed by atoms with Crippen LogP contribution in [-0.4, -0.2) is 27.0 Å². The molecule has 0 aliphatic heterocycles. The lowest BCUT2D eigenvalue weighted by molar-refractivity contribution is 0.0954. The second kappa shape index (κ2) is 6.86. The molecule has 2 heterocycles. The molecule has 1 amide bonds. The van der Waals surface area contributed by atoms with Gasteiger partial charge in [-0.2, -0.15) is 0 Å². The molecule has 0 atom stereocenters. The molecular formula is C19H16N4OS. The van der Waals surface area contributed by atoms with Gasteiger partial charge in [-0.1, -0.05) is 42.5 Å². The first-order valence-corrected chi connectivity index (χ1v) is 8.89. The van der Waals surface area contributed by atoms with Gasteiger partial charge in [0.05, 0.1) is 0 Å². The van der Waals surface area contributed by atoms with Gasteiger partial charge in [-0.25, -0.2) is 0 Å². The standard InChI is InChI=1S/C19H16N4OS/c24-18(20-10-9-17-12-25-19-22-21-13-23(17)19)16-8-4-7-15(11-16)14-5-2-1-3-6-14/h1-8,11-13H,9-10H2,(H,20,24). The molecule has 124 valence electrons. The molecule has 2 aromatic carbocycles. The topological polar surface area (TPSA) is 59.3 Å². The Labute approximate surface area is 149 Å². The molecule has 1 N–H and O–H groups in total. The molecule has 25 heavy (non-hydrogen) atoms. The van der Waals surface area contributed by atoms with Gasteiger partial charge < -0.3 is 5.32 Å². The Morgan fingerprint density at radius 1 is 1.08 bits per heavy atom. The Bertz CT molecular complexity index is 1010. The summed E-state index contributed by atoms with van der Waals surface area (Å²) in [7, 11) is 0. The normalized spacial score (nSPS) is 10.9. The minimum absolute atomic E-state index is 0.0620. The van der Waals surface area contributed by atoms with Crippen LogP contribution in [0.5, 0.6) is 0 Å². The summed E-state index contributed by atoms with van der Waals surface area (Å²) >= 11 is 1.55. The largest absolute Gasteiger partial charge is 0.352 e. The summed E-state index contributed by atoms with van der Waals surface area (Å²) in [6.07, 6.45) is 2.44. The Hall–Kier alpha value is -2.99. The number of hydrogen-bond acceptors (Lipinski definition) is 4. The van der Waals surface area contributed by atoms with E-state index >= 15 is 0 Å². The zero-order chi connectivity index (χ0) is 17.1. The summed E-state index contributed by atoms with van der Waals surface area (Å²) < 4.78 is 1.95. The van der Waals surface area contributed by atoms with Crippen molar-refractivity contribution in [2.45, 2.75) is 6.42 Å². The van der Waals surface area contributed by atoms with E-state index in [1.807, 2.05) is 64.4 Å². The molecule has 4 aromatic rings. The van der Waals surface area contributed by atoms with Crippen molar-refractivity contribution in [3.63, 3.8) is 0 Å². The summed E-state index contributed by atoms with van der Waals surface area (Å²) in [5.41, 5.74) is 3.91. The van der Waals surface area contributed by atoms with Crippen molar-refractivity contribution >= 4 is 22.2 Å². The highest BCUT2D eigenvalue weighted by molar-refractivity contribution is 7.15. The quantitative estimate of drug-likeness (QED) is 0.601. The van der Waals surface area contributed by atoms with Crippen LogP contribution >= 0.6 is 11.3 Å². The van der Waals surface area contributed by atoms with E-state index in [1.54, 1.807) is 17.7 Å². The fraction of sp³-hybridized carbons (Fsp3) is 0.105. The molecule has 0 unspecified atom stereocenters. The maximum Gasteiger partial charge on any atom is 0.251 e. The van der Waals surface area contributed by atoms with Gasteiger partial charge in [0.15, 0.2) is 0 Å². The number of benzene rings is 2. The highest BCUT2D eigenvalue weighted by Gasteiger charge is 2.08. The lowest BCUT2D eigenvalue weighted by atomic mass is 10.0. The second-order valence-electron chi connectivity index (χ2n) is 5.66. The molecular weight excluding hydrogens is 332 g/mol. The molecule has 0 bridgehead atoms. The smallest absolute Gasteiger partial charge is 0.251 e. The maximum absolute atomic E-state index is 12.4. The molecule has 6 heteroatoms. The Kier molecular flexibility index (Phi) is 4.26. The summed E-state index contributed by atoms with van der Waals surface area (Å²) in [5.74, 6) is -0.0620. The van der Waals surface area contributed by atoms with Crippen molar-refractivity contribution in [1.29, 1.82) is 0 Å². The van der Waals surface area contributed by atoms with Crippen LogP contribution in [0.3, 0.4) is 0 Å². The molecule has 0 spiro atoms. The summed E-state index contributed by atoms with van der Waals surface area (Å²) in [4.78, 5) is 13.3. The number of nitrogens with one attached hydrogen (secondary N) is 1. The number of carbonyl (C=O) groups is 1. The van der Waals surface area contributed by atoms with Gasteiger partial charge >= 0.3 is 0 Å². The molecule has 4 rings (SSSR count). The number of nitrogens with zero attached hydrogens (tertiary/aromatic N) is 3. The number of thiazole rings is 1. The van der Waals surface area contributed by atoms with Crippen molar-refractivity contribution in [1.82, 2.24) is 19.9 Å². The van der Waals surface area contributed by atoms with Gasteiger partial charge in [-0.05, 0) is 23.3 Å². The van der Waals surface area contributed by atoms with E-state index in [1.165, 1.54) is 0 Å². The first-order valence-electron chi connectivity index (χ1n) is 8.01. The number of fused-ring (bicyclic) bond motifs is 1. The van der Waals surface area contributed by atoms with Crippen LogP contribution in [0.4, 0.5) is 0 Å². The van der Waals surface area contributed by atoms with Crippen LogP contribution < -0.4 is 5.32 Å². The van der Waals surface area contributed by atoms with Gasteiger partial charge in [-0.15, -0.1) is 21.5 Å². The number of amides is 1.